The number of carbonyl (C=O) groups excluding carboxylic acids is 2. The number of halogens is 1. The molecule has 2 amide bonds. The Labute approximate surface area is 191 Å². The van der Waals surface area contributed by atoms with Crippen LogP contribution in [0, 0.1) is 0 Å². The number of carbonyl (C=O) groups is 2. The summed E-state index contributed by atoms with van der Waals surface area (Å²) in [5.74, 6) is 0.416. The summed E-state index contributed by atoms with van der Waals surface area (Å²) in [5.41, 5.74) is 0.803. The van der Waals surface area contributed by atoms with Crippen LogP contribution in [0.2, 0.25) is 0 Å². The van der Waals surface area contributed by atoms with Crippen LogP contribution in [0.15, 0.2) is 28.4 Å². The number of ether oxygens (including phenoxy) is 4. The molecule has 0 bridgehead atoms. The molecule has 1 saturated carbocycles. The summed E-state index contributed by atoms with van der Waals surface area (Å²) in [6, 6.07) is 5.43. The highest BCUT2D eigenvalue weighted by molar-refractivity contribution is 9.10. The third kappa shape index (κ3) is 5.78. The molecule has 2 aliphatic rings. The Morgan fingerprint density at radius 2 is 2.03 bits per heavy atom. The van der Waals surface area contributed by atoms with Crippen molar-refractivity contribution in [2.45, 2.75) is 44.1 Å². The Morgan fingerprint density at radius 3 is 2.71 bits per heavy atom. The first-order valence-electron chi connectivity index (χ1n) is 10.3. The lowest BCUT2D eigenvalue weighted by molar-refractivity contribution is -0.152. The van der Waals surface area contributed by atoms with Gasteiger partial charge in [0.15, 0.2) is 12.0 Å². The second kappa shape index (κ2) is 11.0. The molecular weight excluding hydrogens is 468 g/mol. The number of rotatable bonds is 8. The van der Waals surface area contributed by atoms with Crippen LogP contribution in [-0.2, 0) is 23.8 Å². The van der Waals surface area contributed by atoms with E-state index < -0.39 is 6.29 Å². The molecule has 8 nitrogen and oxygen atoms in total. The van der Waals surface area contributed by atoms with Gasteiger partial charge < -0.3 is 29.2 Å². The number of amides is 2. The molecule has 9 heteroatoms. The third-order valence-corrected chi connectivity index (χ3v) is 6.22. The molecule has 1 aromatic carbocycles. The molecule has 170 valence electrons. The van der Waals surface area contributed by atoms with Crippen LogP contribution >= 0.6 is 15.9 Å². The Morgan fingerprint density at radius 1 is 1.29 bits per heavy atom. The predicted molar refractivity (Wildman–Crippen MR) is 118 cm³/mol. The van der Waals surface area contributed by atoms with E-state index >= 15 is 0 Å². The highest BCUT2D eigenvalue weighted by atomic mass is 79.9. The van der Waals surface area contributed by atoms with Crippen molar-refractivity contribution in [2.24, 2.45) is 0 Å². The number of morpholine rings is 1. The first-order valence-corrected chi connectivity index (χ1v) is 11.1. The van der Waals surface area contributed by atoms with Crippen molar-refractivity contribution >= 4 is 33.8 Å². The summed E-state index contributed by atoms with van der Waals surface area (Å²) in [6.45, 7) is 0.175. The number of fused-ring (bicyclic) bond motifs is 1. The molecule has 3 rings (SSSR count). The van der Waals surface area contributed by atoms with Crippen LogP contribution in [0.5, 0.6) is 5.75 Å². The third-order valence-electron chi connectivity index (χ3n) is 5.60. The Bertz CT molecular complexity index is 826. The minimum Gasteiger partial charge on any atom is -0.496 e. The molecule has 0 spiro atoms. The molecular formula is C22H29BrN2O6. The highest BCUT2D eigenvalue weighted by Gasteiger charge is 2.42. The molecule has 1 aliphatic heterocycles. The molecule has 1 saturated heterocycles. The van der Waals surface area contributed by atoms with Gasteiger partial charge in [0, 0.05) is 14.2 Å². The Balaban J connectivity index is 1.78. The number of methoxy groups -OCH3 is 3. The van der Waals surface area contributed by atoms with E-state index in [0.29, 0.717) is 5.75 Å². The van der Waals surface area contributed by atoms with Crippen LogP contribution in [0.3, 0.4) is 0 Å². The minimum absolute atomic E-state index is 0.0346. The van der Waals surface area contributed by atoms with Gasteiger partial charge in [0.05, 0.1) is 24.2 Å². The van der Waals surface area contributed by atoms with Crippen molar-refractivity contribution in [1.82, 2.24) is 10.2 Å². The van der Waals surface area contributed by atoms with Gasteiger partial charge in [0.2, 0.25) is 5.91 Å². The fourth-order valence-electron chi connectivity index (χ4n) is 3.96. The van der Waals surface area contributed by atoms with Crippen LogP contribution in [0.1, 0.15) is 31.2 Å². The number of nitrogens with one attached hydrogen (secondary N) is 1. The lowest BCUT2D eigenvalue weighted by Gasteiger charge is -2.44. The zero-order chi connectivity index (χ0) is 22.4. The van der Waals surface area contributed by atoms with Gasteiger partial charge in [-0.25, -0.2) is 0 Å². The first-order chi connectivity index (χ1) is 15.0. The molecule has 1 N–H and O–H groups in total. The molecule has 31 heavy (non-hydrogen) atoms. The zero-order valence-electron chi connectivity index (χ0n) is 18.1. The first kappa shape index (κ1) is 23.6. The highest BCUT2D eigenvalue weighted by Crippen LogP contribution is 2.34. The average Bonchev–Trinajstić information content (AvgIpc) is 2.77. The zero-order valence-corrected chi connectivity index (χ0v) is 19.6. The van der Waals surface area contributed by atoms with Crippen molar-refractivity contribution in [3.05, 3.63) is 34.0 Å². The summed E-state index contributed by atoms with van der Waals surface area (Å²) in [4.78, 5) is 27.4. The van der Waals surface area contributed by atoms with Crippen LogP contribution in [-0.4, -0.2) is 69.6 Å². The van der Waals surface area contributed by atoms with Gasteiger partial charge in [0.25, 0.3) is 5.91 Å². The van der Waals surface area contributed by atoms with E-state index in [-0.39, 0.29) is 42.8 Å². The number of hydrogen-bond acceptors (Lipinski definition) is 6. The van der Waals surface area contributed by atoms with Gasteiger partial charge in [-0.05, 0) is 59.0 Å². The van der Waals surface area contributed by atoms with Gasteiger partial charge in [-0.1, -0.05) is 12.5 Å². The van der Waals surface area contributed by atoms with Crippen LogP contribution in [0.25, 0.3) is 6.08 Å². The fourth-order valence-corrected chi connectivity index (χ4v) is 4.51. The summed E-state index contributed by atoms with van der Waals surface area (Å²) < 4.78 is 22.3. The van der Waals surface area contributed by atoms with Crippen molar-refractivity contribution in [1.29, 1.82) is 0 Å². The molecule has 1 aliphatic carbocycles. The van der Waals surface area contributed by atoms with Gasteiger partial charge in [-0.3, -0.25) is 9.59 Å². The lowest BCUT2D eigenvalue weighted by Crippen LogP contribution is -2.57. The quantitative estimate of drug-likeness (QED) is 0.439. The lowest BCUT2D eigenvalue weighted by atomic mass is 9.89. The largest absolute Gasteiger partial charge is 0.496 e. The van der Waals surface area contributed by atoms with E-state index in [4.69, 9.17) is 18.9 Å². The summed E-state index contributed by atoms with van der Waals surface area (Å²) in [5, 5.41) is 2.77. The topological polar surface area (TPSA) is 86.3 Å². The van der Waals surface area contributed by atoms with Gasteiger partial charge in [-0.2, -0.15) is 0 Å². The molecule has 2 fully saturated rings. The van der Waals surface area contributed by atoms with Crippen molar-refractivity contribution < 1.29 is 28.5 Å². The van der Waals surface area contributed by atoms with Gasteiger partial charge >= 0.3 is 0 Å². The minimum atomic E-state index is -0.532. The van der Waals surface area contributed by atoms with Crippen LogP contribution < -0.4 is 10.1 Å². The molecule has 0 radical (unpaired) electrons. The Kier molecular flexibility index (Phi) is 8.34. The molecule has 2 unspecified atom stereocenters. The maximum Gasteiger partial charge on any atom is 0.289 e. The van der Waals surface area contributed by atoms with Crippen molar-refractivity contribution in [2.75, 3.05) is 34.4 Å². The SMILES string of the molecule is COc1ccc(/C=C2\OC3CCCCC3N(CC(=O)NCC(OC)OC)C2=O)cc1Br. The van der Waals surface area contributed by atoms with E-state index in [1.807, 2.05) is 18.2 Å². The standard InChI is InChI=1S/C22H29BrN2O6/c1-28-17-9-8-14(10-15(17)23)11-19-22(27)25(16-6-4-5-7-18(16)31-19)13-20(26)24-12-21(29-2)30-3/h8-11,16,18,21H,4-7,12-13H2,1-3H3,(H,24,26)/b19-11-. The Hall–Kier alpha value is -2.10. The monoisotopic (exact) mass is 496 g/mol. The van der Waals surface area contributed by atoms with E-state index in [9.17, 15) is 9.59 Å². The molecule has 1 aromatic rings. The van der Waals surface area contributed by atoms with E-state index in [1.165, 1.54) is 14.2 Å². The number of nitrogens with zero attached hydrogens (tertiary/aromatic N) is 1. The maximum atomic E-state index is 13.2. The second-order valence-electron chi connectivity index (χ2n) is 7.55. The average molecular weight is 497 g/mol. The molecule has 2 atom stereocenters. The molecule has 0 aromatic heterocycles. The van der Waals surface area contributed by atoms with Gasteiger partial charge in [-0.15, -0.1) is 0 Å². The van der Waals surface area contributed by atoms with Crippen LogP contribution in [0.4, 0.5) is 0 Å². The van der Waals surface area contributed by atoms with Crippen molar-refractivity contribution in [3.63, 3.8) is 0 Å². The summed E-state index contributed by atoms with van der Waals surface area (Å²) in [7, 11) is 4.61. The van der Waals surface area contributed by atoms with Gasteiger partial charge in [0.1, 0.15) is 18.4 Å². The van der Waals surface area contributed by atoms with E-state index in [0.717, 1.165) is 35.7 Å². The summed E-state index contributed by atoms with van der Waals surface area (Å²) in [6.07, 6.45) is 4.80. The molecule has 1 heterocycles. The summed E-state index contributed by atoms with van der Waals surface area (Å²) >= 11 is 3.46. The van der Waals surface area contributed by atoms with E-state index in [2.05, 4.69) is 21.2 Å². The van der Waals surface area contributed by atoms with Crippen molar-refractivity contribution in [3.8, 4) is 5.75 Å². The maximum absolute atomic E-state index is 13.2. The fraction of sp³-hybridized carbons (Fsp3) is 0.545. The smallest absolute Gasteiger partial charge is 0.289 e. The van der Waals surface area contributed by atoms with E-state index in [1.54, 1.807) is 18.1 Å². The normalized spacial score (nSPS) is 22.3. The number of hydrogen-bond donors (Lipinski definition) is 1. The predicted octanol–water partition coefficient (Wildman–Crippen LogP) is 2.70. The second-order valence-corrected chi connectivity index (χ2v) is 8.40. The number of benzene rings is 1.